The van der Waals surface area contributed by atoms with Crippen molar-refractivity contribution in [1.82, 2.24) is 14.7 Å². The van der Waals surface area contributed by atoms with Crippen LogP contribution in [0.25, 0.3) is 0 Å². The summed E-state index contributed by atoms with van der Waals surface area (Å²) in [6.45, 7) is 2.98. The van der Waals surface area contributed by atoms with Crippen LogP contribution in [0.3, 0.4) is 0 Å². The van der Waals surface area contributed by atoms with Gasteiger partial charge in [0.05, 0.1) is 24.5 Å². The number of aryl methyl sites for hydroxylation is 1. The highest BCUT2D eigenvalue weighted by Crippen LogP contribution is 2.20. The molecule has 2 fully saturated rings. The first kappa shape index (κ1) is 19.1. The lowest BCUT2D eigenvalue weighted by atomic mass is 9.82. The van der Waals surface area contributed by atoms with Crippen molar-refractivity contribution in [2.24, 2.45) is 5.92 Å². The molecule has 0 atom stereocenters. The molecule has 0 radical (unpaired) electrons. The summed E-state index contributed by atoms with van der Waals surface area (Å²) in [6.07, 6.45) is 0.723. The van der Waals surface area contributed by atoms with Gasteiger partial charge in [-0.1, -0.05) is 0 Å². The predicted octanol–water partition coefficient (Wildman–Crippen LogP) is -0.468. The average molecular weight is 375 g/mol. The van der Waals surface area contributed by atoms with Gasteiger partial charge in [-0.3, -0.25) is 24.0 Å². The van der Waals surface area contributed by atoms with Gasteiger partial charge in [0.25, 0.3) is 5.56 Å². The summed E-state index contributed by atoms with van der Waals surface area (Å²) < 4.78 is 6.12. The number of carbonyl (C=O) groups excluding carboxylic acids is 4. The van der Waals surface area contributed by atoms with Crippen LogP contribution in [0, 0.1) is 12.8 Å². The second-order valence-corrected chi connectivity index (χ2v) is 6.74. The molecular formula is C18H21N3O6. The maximum absolute atomic E-state index is 12.7. The fourth-order valence-electron chi connectivity index (χ4n) is 3.35. The highest BCUT2D eigenvalue weighted by molar-refractivity contribution is 6.25. The molecule has 0 N–H and O–H groups in total. The Morgan fingerprint density at radius 1 is 1.15 bits per heavy atom. The minimum absolute atomic E-state index is 0.149. The summed E-state index contributed by atoms with van der Waals surface area (Å²) in [5.74, 6) is -3.44. The molecule has 1 aliphatic carbocycles. The zero-order valence-electron chi connectivity index (χ0n) is 15.1. The number of amides is 1. The van der Waals surface area contributed by atoms with E-state index in [-0.39, 0.29) is 30.9 Å². The zero-order chi connectivity index (χ0) is 19.6. The van der Waals surface area contributed by atoms with E-state index < -0.39 is 28.8 Å². The highest BCUT2D eigenvalue weighted by atomic mass is 16.5. The molecule has 9 nitrogen and oxygen atoms in total. The Morgan fingerprint density at radius 3 is 2.41 bits per heavy atom. The monoisotopic (exact) mass is 375 g/mol. The Kier molecular flexibility index (Phi) is 5.59. The largest absolute Gasteiger partial charge is 0.378 e. The van der Waals surface area contributed by atoms with E-state index in [9.17, 15) is 24.0 Å². The molecule has 1 saturated carbocycles. The summed E-state index contributed by atoms with van der Waals surface area (Å²) in [6, 6.07) is 1.27. The summed E-state index contributed by atoms with van der Waals surface area (Å²) >= 11 is 0. The number of hydrogen-bond donors (Lipinski definition) is 0. The Balaban J connectivity index is 1.88. The summed E-state index contributed by atoms with van der Waals surface area (Å²) in [4.78, 5) is 63.5. The number of Topliss-reactive ketones (excluding diaryl/α,β-unsaturated/α-hetero) is 3. The fourth-order valence-corrected chi connectivity index (χ4v) is 3.35. The molecule has 27 heavy (non-hydrogen) atoms. The van der Waals surface area contributed by atoms with Crippen LogP contribution in [0.4, 0.5) is 0 Å². The van der Waals surface area contributed by atoms with Gasteiger partial charge in [-0.05, 0) is 19.4 Å². The van der Waals surface area contributed by atoms with E-state index in [4.69, 9.17) is 4.74 Å². The molecular weight excluding hydrogens is 354 g/mol. The third kappa shape index (κ3) is 4.02. The SMILES string of the molecule is Cc1cc(C(=O)C2C(=O)CCCC2=O)c(=O)n(CC(=O)N2CCOCC2)n1. The van der Waals surface area contributed by atoms with Crippen molar-refractivity contribution in [2.75, 3.05) is 26.3 Å². The molecule has 1 aliphatic heterocycles. The van der Waals surface area contributed by atoms with Crippen molar-refractivity contribution in [3.05, 3.63) is 27.7 Å². The van der Waals surface area contributed by atoms with Crippen molar-refractivity contribution in [2.45, 2.75) is 32.7 Å². The second-order valence-electron chi connectivity index (χ2n) is 6.74. The van der Waals surface area contributed by atoms with Gasteiger partial charge in [-0.25, -0.2) is 4.68 Å². The van der Waals surface area contributed by atoms with E-state index >= 15 is 0 Å². The van der Waals surface area contributed by atoms with Gasteiger partial charge in [0.2, 0.25) is 5.91 Å². The van der Waals surface area contributed by atoms with Gasteiger partial charge in [0.1, 0.15) is 12.5 Å². The lowest BCUT2D eigenvalue weighted by Gasteiger charge is -2.27. The molecule has 0 spiro atoms. The highest BCUT2D eigenvalue weighted by Gasteiger charge is 2.38. The Hall–Kier alpha value is -2.68. The smallest absolute Gasteiger partial charge is 0.278 e. The standard InChI is InChI=1S/C18H21N3O6/c1-11-9-12(17(25)16-13(22)3-2-4-14(16)23)18(26)21(19-11)10-15(24)20-5-7-27-8-6-20/h9,16H,2-8,10H2,1H3. The first-order valence-corrected chi connectivity index (χ1v) is 8.92. The topological polar surface area (TPSA) is 116 Å². The fraction of sp³-hybridized carbons (Fsp3) is 0.556. The van der Waals surface area contributed by atoms with Crippen molar-refractivity contribution >= 4 is 23.3 Å². The number of aromatic nitrogens is 2. The molecule has 3 rings (SSSR count). The Labute approximate surface area is 155 Å². The molecule has 2 heterocycles. The van der Waals surface area contributed by atoms with Gasteiger partial charge < -0.3 is 9.64 Å². The number of rotatable bonds is 4. The van der Waals surface area contributed by atoms with E-state index in [1.807, 2.05) is 0 Å². The normalized spacial score (nSPS) is 18.6. The zero-order valence-corrected chi connectivity index (χ0v) is 15.1. The van der Waals surface area contributed by atoms with Crippen LogP contribution >= 0.6 is 0 Å². The second kappa shape index (κ2) is 7.91. The van der Waals surface area contributed by atoms with E-state index in [1.54, 1.807) is 11.8 Å². The predicted molar refractivity (Wildman–Crippen MR) is 92.3 cm³/mol. The van der Waals surface area contributed by atoms with Gasteiger partial charge >= 0.3 is 0 Å². The third-order valence-electron chi connectivity index (χ3n) is 4.76. The van der Waals surface area contributed by atoms with Crippen LogP contribution in [-0.2, 0) is 25.7 Å². The first-order valence-electron chi connectivity index (χ1n) is 8.92. The summed E-state index contributed by atoms with van der Waals surface area (Å²) in [5.41, 5.74) is -0.687. The van der Waals surface area contributed by atoms with Crippen LogP contribution in [0.5, 0.6) is 0 Å². The lowest BCUT2D eigenvalue weighted by molar-refractivity contribution is -0.136. The molecule has 2 aliphatic rings. The maximum atomic E-state index is 12.7. The van der Waals surface area contributed by atoms with Crippen molar-refractivity contribution in [1.29, 1.82) is 0 Å². The van der Waals surface area contributed by atoms with Crippen molar-refractivity contribution in [3.8, 4) is 0 Å². The summed E-state index contributed by atoms with van der Waals surface area (Å²) in [5, 5.41) is 4.04. The van der Waals surface area contributed by atoms with Crippen molar-refractivity contribution < 1.29 is 23.9 Å². The van der Waals surface area contributed by atoms with Crippen LogP contribution in [0.1, 0.15) is 35.3 Å². The molecule has 0 unspecified atom stereocenters. The van der Waals surface area contributed by atoms with Crippen LogP contribution in [-0.4, -0.2) is 64.2 Å². The average Bonchev–Trinajstić information content (AvgIpc) is 2.64. The Bertz CT molecular complexity index is 837. The number of morpholine rings is 1. The molecule has 9 heteroatoms. The van der Waals surface area contributed by atoms with Gasteiger partial charge in [-0.2, -0.15) is 5.10 Å². The van der Waals surface area contributed by atoms with Crippen molar-refractivity contribution in [3.63, 3.8) is 0 Å². The van der Waals surface area contributed by atoms with E-state index in [0.29, 0.717) is 38.4 Å². The van der Waals surface area contributed by atoms with E-state index in [0.717, 1.165) is 4.68 Å². The number of carbonyl (C=O) groups is 4. The maximum Gasteiger partial charge on any atom is 0.278 e. The minimum atomic E-state index is -1.42. The Morgan fingerprint density at radius 2 is 1.78 bits per heavy atom. The van der Waals surface area contributed by atoms with Gasteiger partial charge in [-0.15, -0.1) is 0 Å². The molecule has 1 aromatic heterocycles. The molecule has 0 aromatic carbocycles. The summed E-state index contributed by atoms with van der Waals surface area (Å²) in [7, 11) is 0. The first-order chi connectivity index (χ1) is 12.9. The quantitative estimate of drug-likeness (QED) is 0.516. The van der Waals surface area contributed by atoms with Crippen LogP contribution in [0.2, 0.25) is 0 Å². The number of nitrogens with zero attached hydrogens (tertiary/aromatic N) is 3. The van der Waals surface area contributed by atoms with Gasteiger partial charge in [0.15, 0.2) is 17.3 Å². The molecule has 0 bridgehead atoms. The number of hydrogen-bond acceptors (Lipinski definition) is 7. The number of ether oxygens (including phenoxy) is 1. The molecule has 144 valence electrons. The van der Waals surface area contributed by atoms with E-state index in [1.165, 1.54) is 6.07 Å². The lowest BCUT2D eigenvalue weighted by Crippen LogP contribution is -2.45. The molecule has 1 amide bonds. The molecule has 1 saturated heterocycles. The van der Waals surface area contributed by atoms with Crippen LogP contribution in [0.15, 0.2) is 10.9 Å². The third-order valence-corrected chi connectivity index (χ3v) is 4.76. The molecule has 1 aromatic rings. The number of ketones is 3. The minimum Gasteiger partial charge on any atom is -0.378 e. The van der Waals surface area contributed by atoms with E-state index in [2.05, 4.69) is 5.10 Å². The van der Waals surface area contributed by atoms with Crippen LogP contribution < -0.4 is 5.56 Å². The van der Waals surface area contributed by atoms with Gasteiger partial charge in [0, 0.05) is 25.9 Å².